The van der Waals surface area contributed by atoms with Gasteiger partial charge in [-0.3, -0.25) is 4.98 Å². The number of rotatable bonds is 2. The third-order valence-corrected chi connectivity index (χ3v) is 2.56. The van der Waals surface area contributed by atoms with E-state index in [1.807, 2.05) is 25.5 Å². The summed E-state index contributed by atoms with van der Waals surface area (Å²) in [6, 6.07) is 4.10. The van der Waals surface area contributed by atoms with Crippen LogP contribution in [-0.4, -0.2) is 24.7 Å². The van der Waals surface area contributed by atoms with E-state index >= 15 is 0 Å². The Morgan fingerprint density at radius 2 is 2.54 bits per heavy atom. The molecule has 1 aromatic heterocycles. The van der Waals surface area contributed by atoms with Crippen LogP contribution in [0.1, 0.15) is 12.8 Å². The summed E-state index contributed by atoms with van der Waals surface area (Å²) in [6.45, 7) is 1.14. The number of hydrogen-bond acceptors (Lipinski definition) is 3. The van der Waals surface area contributed by atoms with Gasteiger partial charge in [-0.1, -0.05) is 0 Å². The maximum absolute atomic E-state index is 4.13. The van der Waals surface area contributed by atoms with E-state index in [1.54, 1.807) is 0 Å². The van der Waals surface area contributed by atoms with Crippen molar-refractivity contribution in [2.75, 3.05) is 18.5 Å². The fourth-order valence-electron chi connectivity index (χ4n) is 1.90. The zero-order valence-corrected chi connectivity index (χ0v) is 7.90. The topological polar surface area (TPSA) is 28.2 Å². The van der Waals surface area contributed by atoms with Gasteiger partial charge in [0.2, 0.25) is 0 Å². The molecule has 1 aliphatic heterocycles. The monoisotopic (exact) mass is 177 g/mol. The van der Waals surface area contributed by atoms with Gasteiger partial charge in [0.1, 0.15) is 0 Å². The summed E-state index contributed by atoms with van der Waals surface area (Å²) in [5.74, 6) is 0. The second-order valence-corrected chi connectivity index (χ2v) is 3.35. The molecule has 2 heterocycles. The molecule has 1 unspecified atom stereocenters. The molecule has 1 N–H and O–H groups in total. The number of anilines is 1. The van der Waals surface area contributed by atoms with Crippen molar-refractivity contribution in [3.05, 3.63) is 24.5 Å². The SMILES string of the molecule is CNC1CCCN1c1cccnc1. The highest BCUT2D eigenvalue weighted by Gasteiger charge is 2.22. The quantitative estimate of drug-likeness (QED) is 0.736. The van der Waals surface area contributed by atoms with E-state index < -0.39 is 0 Å². The largest absolute Gasteiger partial charge is 0.355 e. The average molecular weight is 177 g/mol. The number of hydrogen-bond donors (Lipinski definition) is 1. The molecule has 0 radical (unpaired) electrons. The summed E-state index contributed by atoms with van der Waals surface area (Å²) in [7, 11) is 2.01. The van der Waals surface area contributed by atoms with E-state index in [4.69, 9.17) is 0 Å². The molecular formula is C10H15N3. The average Bonchev–Trinajstić information content (AvgIpc) is 2.67. The maximum atomic E-state index is 4.13. The Morgan fingerprint density at radius 1 is 1.62 bits per heavy atom. The van der Waals surface area contributed by atoms with Crippen LogP contribution in [0.3, 0.4) is 0 Å². The van der Waals surface area contributed by atoms with Gasteiger partial charge in [-0.25, -0.2) is 0 Å². The Labute approximate surface area is 78.8 Å². The maximum Gasteiger partial charge on any atom is 0.0794 e. The van der Waals surface area contributed by atoms with Crippen LogP contribution in [0.5, 0.6) is 0 Å². The van der Waals surface area contributed by atoms with Gasteiger partial charge in [-0.15, -0.1) is 0 Å². The van der Waals surface area contributed by atoms with Crippen molar-refractivity contribution in [2.24, 2.45) is 0 Å². The molecule has 1 saturated heterocycles. The van der Waals surface area contributed by atoms with Crippen molar-refractivity contribution in [2.45, 2.75) is 19.0 Å². The molecule has 1 atom stereocenters. The third-order valence-electron chi connectivity index (χ3n) is 2.56. The van der Waals surface area contributed by atoms with E-state index in [1.165, 1.54) is 18.5 Å². The highest BCUT2D eigenvalue weighted by molar-refractivity contribution is 5.45. The summed E-state index contributed by atoms with van der Waals surface area (Å²) >= 11 is 0. The predicted octanol–water partition coefficient (Wildman–Crippen LogP) is 1.23. The van der Waals surface area contributed by atoms with Crippen LogP contribution >= 0.6 is 0 Å². The Hall–Kier alpha value is -1.09. The van der Waals surface area contributed by atoms with Crippen molar-refractivity contribution < 1.29 is 0 Å². The molecule has 1 aliphatic rings. The molecule has 70 valence electrons. The van der Waals surface area contributed by atoms with Crippen LogP contribution in [0.25, 0.3) is 0 Å². The van der Waals surface area contributed by atoms with Crippen molar-refractivity contribution in [1.82, 2.24) is 10.3 Å². The molecule has 0 aromatic carbocycles. The molecule has 0 bridgehead atoms. The summed E-state index contributed by atoms with van der Waals surface area (Å²) < 4.78 is 0. The molecular weight excluding hydrogens is 162 g/mol. The van der Waals surface area contributed by atoms with Crippen molar-refractivity contribution in [3.8, 4) is 0 Å². The van der Waals surface area contributed by atoms with E-state index in [-0.39, 0.29) is 0 Å². The lowest BCUT2D eigenvalue weighted by atomic mass is 10.3. The molecule has 0 spiro atoms. The molecule has 0 saturated carbocycles. The van der Waals surface area contributed by atoms with Crippen LogP contribution in [0.15, 0.2) is 24.5 Å². The van der Waals surface area contributed by atoms with Gasteiger partial charge in [0.15, 0.2) is 0 Å². The van der Waals surface area contributed by atoms with Crippen molar-refractivity contribution in [1.29, 1.82) is 0 Å². The minimum absolute atomic E-state index is 0.490. The molecule has 1 aromatic rings. The van der Waals surface area contributed by atoms with Crippen LogP contribution in [-0.2, 0) is 0 Å². The van der Waals surface area contributed by atoms with Gasteiger partial charge in [-0.2, -0.15) is 0 Å². The van der Waals surface area contributed by atoms with E-state index in [2.05, 4.69) is 21.3 Å². The van der Waals surface area contributed by atoms with Crippen molar-refractivity contribution >= 4 is 5.69 Å². The molecule has 0 aliphatic carbocycles. The lowest BCUT2D eigenvalue weighted by molar-refractivity contribution is 0.582. The lowest BCUT2D eigenvalue weighted by Gasteiger charge is -2.25. The molecule has 2 rings (SSSR count). The minimum Gasteiger partial charge on any atom is -0.355 e. The molecule has 13 heavy (non-hydrogen) atoms. The number of nitrogens with zero attached hydrogens (tertiary/aromatic N) is 2. The zero-order valence-electron chi connectivity index (χ0n) is 7.90. The van der Waals surface area contributed by atoms with E-state index in [0.29, 0.717) is 6.17 Å². The normalized spacial score (nSPS) is 22.2. The van der Waals surface area contributed by atoms with Gasteiger partial charge in [-0.05, 0) is 32.0 Å². The third kappa shape index (κ3) is 1.65. The zero-order chi connectivity index (χ0) is 9.10. The van der Waals surface area contributed by atoms with Gasteiger partial charge >= 0.3 is 0 Å². The number of pyridine rings is 1. The summed E-state index contributed by atoms with van der Waals surface area (Å²) in [5, 5.41) is 3.31. The Bertz CT molecular complexity index is 260. The van der Waals surface area contributed by atoms with E-state index in [0.717, 1.165) is 6.54 Å². The highest BCUT2D eigenvalue weighted by Crippen LogP contribution is 2.22. The summed E-state index contributed by atoms with van der Waals surface area (Å²) in [6.07, 6.45) is 6.72. The first kappa shape index (κ1) is 8.51. The van der Waals surface area contributed by atoms with Crippen LogP contribution in [0, 0.1) is 0 Å². The second-order valence-electron chi connectivity index (χ2n) is 3.35. The summed E-state index contributed by atoms with van der Waals surface area (Å²) in [5.41, 5.74) is 1.22. The standard InChI is InChI=1S/C10H15N3/c1-11-10-5-3-7-13(10)9-4-2-6-12-8-9/h2,4,6,8,10-11H,3,5,7H2,1H3. The molecule has 3 heteroatoms. The minimum atomic E-state index is 0.490. The lowest BCUT2D eigenvalue weighted by Crippen LogP contribution is -2.39. The van der Waals surface area contributed by atoms with Crippen LogP contribution in [0.2, 0.25) is 0 Å². The molecule has 0 amide bonds. The second kappa shape index (κ2) is 3.75. The smallest absolute Gasteiger partial charge is 0.0794 e. The van der Waals surface area contributed by atoms with E-state index in [9.17, 15) is 0 Å². The molecule has 3 nitrogen and oxygen atoms in total. The Morgan fingerprint density at radius 3 is 3.23 bits per heavy atom. The van der Waals surface area contributed by atoms with Crippen LogP contribution < -0.4 is 10.2 Å². The number of nitrogens with one attached hydrogen (secondary N) is 1. The van der Waals surface area contributed by atoms with Crippen LogP contribution in [0.4, 0.5) is 5.69 Å². The molecule has 1 fully saturated rings. The van der Waals surface area contributed by atoms with Gasteiger partial charge in [0.25, 0.3) is 0 Å². The Kier molecular flexibility index (Phi) is 2.45. The highest BCUT2D eigenvalue weighted by atomic mass is 15.3. The predicted molar refractivity (Wildman–Crippen MR) is 53.7 cm³/mol. The van der Waals surface area contributed by atoms with Gasteiger partial charge < -0.3 is 10.2 Å². The summed E-state index contributed by atoms with van der Waals surface area (Å²) in [4.78, 5) is 6.50. The van der Waals surface area contributed by atoms with Gasteiger partial charge in [0.05, 0.1) is 18.1 Å². The first-order valence-corrected chi connectivity index (χ1v) is 4.76. The first-order chi connectivity index (χ1) is 6.42. The van der Waals surface area contributed by atoms with Gasteiger partial charge in [0, 0.05) is 12.7 Å². The van der Waals surface area contributed by atoms with Crippen molar-refractivity contribution in [3.63, 3.8) is 0 Å². The fourth-order valence-corrected chi connectivity index (χ4v) is 1.90. The fraction of sp³-hybridized carbons (Fsp3) is 0.500. The first-order valence-electron chi connectivity index (χ1n) is 4.76. The Balaban J connectivity index is 2.16. The number of aromatic nitrogens is 1.